The molecule has 0 bridgehead atoms. The molecule has 0 radical (unpaired) electrons. The van der Waals surface area contributed by atoms with Gasteiger partial charge in [-0.25, -0.2) is 4.39 Å². The molecule has 2 heterocycles. The number of nitrogens with zero attached hydrogens (tertiary/aromatic N) is 3. The first-order chi connectivity index (χ1) is 11.1. The van der Waals surface area contributed by atoms with Crippen molar-refractivity contribution in [2.75, 3.05) is 6.61 Å². The molecule has 0 atom stereocenters. The second-order valence-electron chi connectivity index (χ2n) is 4.46. The molecule has 0 saturated heterocycles. The van der Waals surface area contributed by atoms with Crippen molar-refractivity contribution in [2.24, 2.45) is 0 Å². The van der Waals surface area contributed by atoms with Gasteiger partial charge in [0.25, 0.3) is 0 Å². The molecular formula is C14H10FN3O5. The topological polar surface area (TPSA) is 104 Å². The van der Waals surface area contributed by atoms with Gasteiger partial charge in [0.05, 0.1) is 19.1 Å². The lowest BCUT2D eigenvalue weighted by atomic mass is 10.3. The number of furan rings is 1. The Morgan fingerprint density at radius 1 is 1.22 bits per heavy atom. The van der Waals surface area contributed by atoms with Crippen LogP contribution in [0.5, 0.6) is 5.75 Å². The Morgan fingerprint density at radius 2 is 2.00 bits per heavy atom. The Balaban J connectivity index is 1.58. The van der Waals surface area contributed by atoms with Crippen molar-refractivity contribution in [3.8, 4) is 17.3 Å². The fourth-order valence-electron chi connectivity index (χ4n) is 1.79. The van der Waals surface area contributed by atoms with Crippen LogP contribution >= 0.6 is 0 Å². The summed E-state index contributed by atoms with van der Waals surface area (Å²) in [6.07, 6.45) is 0.327. The van der Waals surface area contributed by atoms with E-state index < -0.39 is 10.8 Å². The van der Waals surface area contributed by atoms with E-state index in [1.54, 1.807) is 0 Å². The van der Waals surface area contributed by atoms with Crippen LogP contribution in [0.2, 0.25) is 0 Å². The van der Waals surface area contributed by atoms with Crippen molar-refractivity contribution in [3.63, 3.8) is 0 Å². The van der Waals surface area contributed by atoms with Crippen molar-refractivity contribution in [1.82, 2.24) is 10.1 Å². The summed E-state index contributed by atoms with van der Waals surface area (Å²) < 4.78 is 28.2. The highest BCUT2D eigenvalue weighted by Crippen LogP contribution is 2.23. The number of ether oxygens (including phenoxy) is 1. The van der Waals surface area contributed by atoms with Gasteiger partial charge in [0.1, 0.15) is 16.5 Å². The van der Waals surface area contributed by atoms with Crippen molar-refractivity contribution >= 4 is 5.88 Å². The third-order valence-electron chi connectivity index (χ3n) is 2.86. The third kappa shape index (κ3) is 3.51. The summed E-state index contributed by atoms with van der Waals surface area (Å²) in [4.78, 5) is 14.0. The second kappa shape index (κ2) is 6.26. The number of nitro groups is 1. The molecular weight excluding hydrogens is 309 g/mol. The minimum absolute atomic E-state index is 0.120. The largest absolute Gasteiger partial charge is 0.493 e. The number of benzene rings is 1. The molecule has 0 aliphatic carbocycles. The monoisotopic (exact) mass is 319 g/mol. The zero-order valence-corrected chi connectivity index (χ0v) is 11.6. The molecule has 0 unspecified atom stereocenters. The van der Waals surface area contributed by atoms with E-state index in [0.717, 1.165) is 0 Å². The fourth-order valence-corrected chi connectivity index (χ4v) is 1.79. The molecule has 0 N–H and O–H groups in total. The van der Waals surface area contributed by atoms with E-state index >= 15 is 0 Å². The average molecular weight is 319 g/mol. The Labute approximate surface area is 128 Å². The van der Waals surface area contributed by atoms with Crippen LogP contribution in [0.15, 0.2) is 45.3 Å². The molecule has 2 aromatic heterocycles. The Hall–Kier alpha value is -3.23. The molecule has 9 heteroatoms. The van der Waals surface area contributed by atoms with Crippen LogP contribution < -0.4 is 4.74 Å². The van der Waals surface area contributed by atoms with Crippen LogP contribution in [0.1, 0.15) is 5.89 Å². The molecule has 0 saturated carbocycles. The quantitative estimate of drug-likeness (QED) is 0.508. The van der Waals surface area contributed by atoms with Crippen LogP contribution in [0.3, 0.4) is 0 Å². The number of aromatic nitrogens is 2. The summed E-state index contributed by atoms with van der Waals surface area (Å²) in [5.41, 5.74) is 0. The maximum atomic E-state index is 12.7. The van der Waals surface area contributed by atoms with E-state index in [2.05, 4.69) is 10.1 Å². The summed E-state index contributed by atoms with van der Waals surface area (Å²) in [5, 5.41) is 14.2. The van der Waals surface area contributed by atoms with Gasteiger partial charge in [0.15, 0.2) is 5.76 Å². The van der Waals surface area contributed by atoms with Gasteiger partial charge in [-0.05, 0) is 30.3 Å². The van der Waals surface area contributed by atoms with E-state index in [9.17, 15) is 14.5 Å². The Kier molecular flexibility index (Phi) is 4.00. The Morgan fingerprint density at radius 3 is 2.70 bits per heavy atom. The van der Waals surface area contributed by atoms with E-state index in [4.69, 9.17) is 13.7 Å². The minimum Gasteiger partial charge on any atom is -0.493 e. The standard InChI is InChI=1S/C14H10FN3O5/c15-9-1-3-10(4-2-9)21-8-7-12-16-14(17-23-12)11-5-6-13(22-11)18(19)20/h1-6H,7-8H2. The molecule has 8 nitrogen and oxygen atoms in total. The van der Waals surface area contributed by atoms with Crippen LogP contribution in [0.4, 0.5) is 10.3 Å². The first-order valence-electron chi connectivity index (χ1n) is 6.57. The zero-order valence-electron chi connectivity index (χ0n) is 11.6. The van der Waals surface area contributed by atoms with Gasteiger partial charge in [0, 0.05) is 0 Å². The lowest BCUT2D eigenvalue weighted by Gasteiger charge is -2.03. The van der Waals surface area contributed by atoms with Gasteiger partial charge in [-0.2, -0.15) is 4.98 Å². The highest BCUT2D eigenvalue weighted by Gasteiger charge is 2.17. The molecule has 0 aliphatic rings. The molecule has 0 aliphatic heterocycles. The van der Waals surface area contributed by atoms with E-state index in [1.807, 2.05) is 0 Å². The van der Waals surface area contributed by atoms with Gasteiger partial charge < -0.3 is 13.7 Å². The highest BCUT2D eigenvalue weighted by molar-refractivity contribution is 5.47. The number of hydrogen-bond acceptors (Lipinski definition) is 7. The second-order valence-corrected chi connectivity index (χ2v) is 4.46. The van der Waals surface area contributed by atoms with Crippen LogP contribution in [-0.2, 0) is 6.42 Å². The minimum atomic E-state index is -0.652. The predicted octanol–water partition coefficient (Wildman–Crippen LogP) is 3.00. The maximum absolute atomic E-state index is 12.7. The molecule has 0 amide bonds. The van der Waals surface area contributed by atoms with Crippen molar-refractivity contribution < 1.29 is 23.0 Å². The third-order valence-corrected chi connectivity index (χ3v) is 2.86. The van der Waals surface area contributed by atoms with Gasteiger partial charge in [-0.3, -0.25) is 10.1 Å². The predicted molar refractivity (Wildman–Crippen MR) is 74.3 cm³/mol. The summed E-state index contributed by atoms with van der Waals surface area (Å²) in [5.74, 6) is 0.340. The molecule has 3 rings (SSSR count). The van der Waals surface area contributed by atoms with Crippen molar-refractivity contribution in [3.05, 3.63) is 58.2 Å². The van der Waals surface area contributed by atoms with Gasteiger partial charge in [0.2, 0.25) is 11.7 Å². The Bertz CT molecular complexity index is 812. The number of rotatable bonds is 6. The molecule has 0 spiro atoms. The average Bonchev–Trinajstić information content (AvgIpc) is 3.18. The van der Waals surface area contributed by atoms with Crippen molar-refractivity contribution in [2.45, 2.75) is 6.42 Å². The van der Waals surface area contributed by atoms with Gasteiger partial charge in [-0.1, -0.05) is 5.16 Å². The van der Waals surface area contributed by atoms with E-state index in [0.29, 0.717) is 18.1 Å². The normalized spacial score (nSPS) is 10.7. The summed E-state index contributed by atoms with van der Waals surface area (Å²) >= 11 is 0. The smallest absolute Gasteiger partial charge is 0.433 e. The number of hydrogen-bond donors (Lipinski definition) is 0. The molecule has 118 valence electrons. The highest BCUT2D eigenvalue weighted by atomic mass is 19.1. The van der Waals surface area contributed by atoms with Crippen LogP contribution in [-0.4, -0.2) is 21.7 Å². The van der Waals surface area contributed by atoms with E-state index in [1.165, 1.54) is 36.4 Å². The van der Waals surface area contributed by atoms with Crippen LogP contribution in [0.25, 0.3) is 11.6 Å². The van der Waals surface area contributed by atoms with Gasteiger partial charge in [-0.15, -0.1) is 0 Å². The fraction of sp³-hybridized carbons (Fsp3) is 0.143. The van der Waals surface area contributed by atoms with Crippen LogP contribution in [0, 0.1) is 15.9 Å². The van der Waals surface area contributed by atoms with E-state index in [-0.39, 0.29) is 24.0 Å². The first kappa shape index (κ1) is 14.7. The molecule has 23 heavy (non-hydrogen) atoms. The molecule has 1 aromatic carbocycles. The SMILES string of the molecule is O=[N+]([O-])c1ccc(-c2noc(CCOc3ccc(F)cc3)n2)o1. The van der Waals surface area contributed by atoms with Crippen molar-refractivity contribution in [1.29, 1.82) is 0 Å². The van der Waals surface area contributed by atoms with Gasteiger partial charge >= 0.3 is 5.88 Å². The summed E-state index contributed by atoms with van der Waals surface area (Å²) in [6, 6.07) is 8.21. The molecule has 0 fully saturated rings. The zero-order chi connectivity index (χ0) is 16.2. The first-order valence-corrected chi connectivity index (χ1v) is 6.57. The lowest BCUT2D eigenvalue weighted by Crippen LogP contribution is -2.01. The number of halogens is 1. The lowest BCUT2D eigenvalue weighted by molar-refractivity contribution is -0.401. The maximum Gasteiger partial charge on any atom is 0.433 e. The summed E-state index contributed by atoms with van der Waals surface area (Å²) in [6.45, 7) is 0.256. The summed E-state index contributed by atoms with van der Waals surface area (Å²) in [7, 11) is 0. The molecule has 3 aromatic rings.